The van der Waals surface area contributed by atoms with E-state index in [9.17, 15) is 0 Å². The Morgan fingerprint density at radius 1 is 0.938 bits per heavy atom. The van der Waals surface area contributed by atoms with Crippen LogP contribution in [-0.4, -0.2) is 16.1 Å². The Morgan fingerprint density at radius 3 is 1.56 bits per heavy atom. The van der Waals surface area contributed by atoms with Gasteiger partial charge in [0.2, 0.25) is 0 Å². The van der Waals surface area contributed by atoms with Crippen molar-refractivity contribution in [3.63, 3.8) is 0 Å². The third kappa shape index (κ3) is 4.57. The van der Waals surface area contributed by atoms with E-state index in [0.717, 1.165) is 0 Å². The molecule has 0 saturated carbocycles. The monoisotopic (exact) mass is 369 g/mol. The van der Waals surface area contributed by atoms with Crippen LogP contribution in [0.25, 0.3) is 0 Å². The first-order valence-corrected chi connectivity index (χ1v) is 13.5. The van der Waals surface area contributed by atoms with Crippen LogP contribution in [0.2, 0.25) is 39.3 Å². The average molecular weight is 372 g/mol. The number of hydrogen-bond donors (Lipinski definition) is 0. The summed E-state index contributed by atoms with van der Waals surface area (Å²) in [5.41, 5.74) is 0. The number of rotatable bonds is 2. The fourth-order valence-corrected chi connectivity index (χ4v) is 11.3. The van der Waals surface area contributed by atoms with Crippen molar-refractivity contribution in [3.05, 3.63) is 19.7 Å². The maximum atomic E-state index is 2.53. The van der Waals surface area contributed by atoms with Crippen LogP contribution in [0.4, 0.5) is 0 Å². The molecule has 0 fully saturated rings. The van der Waals surface area contributed by atoms with Gasteiger partial charge in [-0.2, -0.15) is 0 Å². The van der Waals surface area contributed by atoms with Gasteiger partial charge in [0.15, 0.2) is 0 Å². The molecule has 91 valence electrons. The second-order valence-electron chi connectivity index (χ2n) is 6.18. The van der Waals surface area contributed by atoms with E-state index in [1.807, 2.05) is 5.20 Å². The molecule has 5 heteroatoms. The van der Waals surface area contributed by atoms with Crippen LogP contribution in [0.1, 0.15) is 6.42 Å². The van der Waals surface area contributed by atoms with Crippen LogP contribution < -0.4 is 24.8 Å². The van der Waals surface area contributed by atoms with Gasteiger partial charge in [0.1, 0.15) is 0 Å². The van der Waals surface area contributed by atoms with Crippen LogP contribution in [-0.2, 0) is 24.7 Å². The maximum absolute atomic E-state index is 2.53. The molecule has 0 spiro atoms. The molecule has 0 bridgehead atoms. The molecule has 16 heavy (non-hydrogen) atoms. The fraction of sp³-hybridized carbons (Fsp3) is 0.636. The van der Waals surface area contributed by atoms with E-state index in [-0.39, 0.29) is 24.8 Å². The summed E-state index contributed by atoms with van der Waals surface area (Å²) in [6, 6.07) is 0. The Kier molecular flexibility index (Phi) is 8.03. The van der Waals surface area contributed by atoms with E-state index in [1.54, 1.807) is 33.2 Å². The molecule has 0 atom stereocenters. The molecule has 1 rings (SSSR count). The number of allylic oxidation sites excluding steroid dienone is 4. The van der Waals surface area contributed by atoms with E-state index in [1.165, 1.54) is 6.42 Å². The predicted octanol–water partition coefficient (Wildman–Crippen LogP) is -2.12. The minimum absolute atomic E-state index is 0. The average Bonchev–Trinajstić information content (AvgIpc) is 2.26. The first kappa shape index (κ1) is 19.7. The van der Waals surface area contributed by atoms with Gasteiger partial charge in [0, 0.05) is 0 Å². The molecule has 0 radical (unpaired) electrons. The van der Waals surface area contributed by atoms with E-state index in [2.05, 4.69) is 45.4 Å². The summed E-state index contributed by atoms with van der Waals surface area (Å²) >= 11 is 1.65. The molecule has 1 aliphatic rings. The Morgan fingerprint density at radius 2 is 1.38 bits per heavy atom. The molecule has 0 aromatic rings. The van der Waals surface area contributed by atoms with Crippen molar-refractivity contribution in [2.24, 2.45) is 0 Å². The van der Waals surface area contributed by atoms with Crippen molar-refractivity contribution in [2.75, 3.05) is 0 Å². The van der Waals surface area contributed by atoms with E-state index in [0.29, 0.717) is 0 Å². The molecule has 0 heterocycles. The normalized spacial score (nSPS) is 16.6. The second kappa shape index (κ2) is 6.52. The standard InChI is InChI=1S/C11H21Si2.2ClH.Zr/c1-12(2,3)10-7-8-11(9-10)13(4,5)6;;;/h7H,8H2,1-6H3;2*1H;/q;;;+2/p-2. The Bertz CT molecular complexity index is 291. The SMILES string of the molecule is C[Si](C)(C)C1=CCC([Si](C)(C)C)=[C]1[Zr+2].[Cl-].[Cl-]. The van der Waals surface area contributed by atoms with E-state index in [4.69, 9.17) is 0 Å². The largest absolute Gasteiger partial charge is 1.00 e. The topological polar surface area (TPSA) is 0 Å². The van der Waals surface area contributed by atoms with Crippen molar-refractivity contribution in [3.8, 4) is 0 Å². The third-order valence-corrected chi connectivity index (χ3v) is 9.76. The van der Waals surface area contributed by atoms with Gasteiger partial charge in [-0.25, -0.2) is 0 Å². The predicted molar refractivity (Wildman–Crippen MR) is 66.4 cm³/mol. The van der Waals surface area contributed by atoms with Gasteiger partial charge in [-0.1, -0.05) is 0 Å². The number of halogens is 2. The molecule has 0 aromatic carbocycles. The van der Waals surface area contributed by atoms with Crippen LogP contribution in [0.5, 0.6) is 0 Å². The van der Waals surface area contributed by atoms with Gasteiger partial charge < -0.3 is 24.8 Å². The molecule has 0 nitrogen and oxygen atoms in total. The van der Waals surface area contributed by atoms with Gasteiger partial charge in [0.25, 0.3) is 0 Å². The van der Waals surface area contributed by atoms with Crippen LogP contribution in [0.3, 0.4) is 0 Å². The van der Waals surface area contributed by atoms with Crippen LogP contribution in [0, 0.1) is 0 Å². The Hall–Kier alpha value is 1.38. The summed E-state index contributed by atoms with van der Waals surface area (Å²) in [6.07, 6.45) is 3.81. The molecule has 0 unspecified atom stereocenters. The minimum atomic E-state index is -1.06. The quantitative estimate of drug-likeness (QED) is 0.487. The molecular weight excluding hydrogens is 350 g/mol. The first-order valence-electron chi connectivity index (χ1n) is 5.30. The Labute approximate surface area is 130 Å². The zero-order chi connectivity index (χ0) is 11.1. The van der Waals surface area contributed by atoms with Crippen molar-refractivity contribution in [2.45, 2.75) is 45.7 Å². The molecule has 0 amide bonds. The van der Waals surface area contributed by atoms with Crippen LogP contribution in [0.15, 0.2) is 19.7 Å². The fourth-order valence-electron chi connectivity index (χ4n) is 1.93. The second-order valence-corrected chi connectivity index (χ2v) is 17.5. The minimum Gasteiger partial charge on any atom is -1.00 e. The van der Waals surface area contributed by atoms with E-state index >= 15 is 0 Å². The van der Waals surface area contributed by atoms with Gasteiger partial charge >= 0.3 is 106 Å². The summed E-state index contributed by atoms with van der Waals surface area (Å²) in [6.45, 7) is 14.8. The van der Waals surface area contributed by atoms with Crippen molar-refractivity contribution in [1.82, 2.24) is 0 Å². The third-order valence-electron chi connectivity index (χ3n) is 2.79. The van der Waals surface area contributed by atoms with Crippen molar-refractivity contribution >= 4 is 16.1 Å². The number of hydrogen-bond acceptors (Lipinski definition) is 0. The molecular formula is C11H21Cl2Si2Zr. The van der Waals surface area contributed by atoms with Gasteiger partial charge in [-0.15, -0.1) is 0 Å². The molecule has 0 aromatic heterocycles. The van der Waals surface area contributed by atoms with Crippen molar-refractivity contribution < 1.29 is 49.5 Å². The zero-order valence-electron chi connectivity index (χ0n) is 11.0. The van der Waals surface area contributed by atoms with E-state index < -0.39 is 16.1 Å². The summed E-state index contributed by atoms with van der Waals surface area (Å²) in [5, 5.41) is 3.58. The van der Waals surface area contributed by atoms with Gasteiger partial charge in [0.05, 0.1) is 0 Å². The summed E-state index contributed by atoms with van der Waals surface area (Å²) in [7, 11) is -2.10. The summed E-state index contributed by atoms with van der Waals surface area (Å²) in [4.78, 5) is 0. The zero-order valence-corrected chi connectivity index (χ0v) is 17.0. The van der Waals surface area contributed by atoms with Crippen molar-refractivity contribution in [1.29, 1.82) is 0 Å². The Balaban J connectivity index is 0. The molecule has 0 saturated heterocycles. The molecule has 1 aliphatic carbocycles. The van der Waals surface area contributed by atoms with Gasteiger partial charge in [-0.3, -0.25) is 0 Å². The van der Waals surface area contributed by atoms with Gasteiger partial charge in [-0.05, 0) is 0 Å². The van der Waals surface area contributed by atoms with Crippen LogP contribution >= 0.6 is 0 Å². The molecule has 0 N–H and O–H groups in total. The maximum Gasteiger partial charge on any atom is -1.00 e. The smallest absolute Gasteiger partial charge is 1.00 e. The molecule has 0 aliphatic heterocycles. The summed E-state index contributed by atoms with van der Waals surface area (Å²) < 4.78 is 1.75. The summed E-state index contributed by atoms with van der Waals surface area (Å²) in [5.74, 6) is 0. The first-order chi connectivity index (χ1) is 6.14.